The van der Waals surface area contributed by atoms with E-state index in [-0.39, 0.29) is 0 Å². The molecular formula is C56H37N. The maximum Gasteiger partial charge on any atom is 0.0540 e. The van der Waals surface area contributed by atoms with Gasteiger partial charge < -0.3 is 4.90 Å². The van der Waals surface area contributed by atoms with E-state index in [0.29, 0.717) is 0 Å². The summed E-state index contributed by atoms with van der Waals surface area (Å²) in [6, 6.07) is 82.1. The lowest BCUT2D eigenvalue weighted by molar-refractivity contribution is 1.30. The minimum atomic E-state index is 1.11. The molecule has 0 aliphatic rings. The van der Waals surface area contributed by atoms with Gasteiger partial charge in [-0.05, 0) is 124 Å². The lowest BCUT2D eigenvalue weighted by Gasteiger charge is -2.27. The van der Waals surface area contributed by atoms with E-state index < -0.39 is 0 Å². The van der Waals surface area contributed by atoms with Gasteiger partial charge in [-0.3, -0.25) is 0 Å². The molecule has 266 valence electrons. The van der Waals surface area contributed by atoms with Gasteiger partial charge in [-0.1, -0.05) is 182 Å². The van der Waals surface area contributed by atoms with E-state index in [9.17, 15) is 0 Å². The van der Waals surface area contributed by atoms with Crippen molar-refractivity contribution >= 4 is 70.9 Å². The highest BCUT2D eigenvalue weighted by molar-refractivity contribution is 6.33. The quantitative estimate of drug-likeness (QED) is 0.154. The Kier molecular flexibility index (Phi) is 7.89. The first-order valence-corrected chi connectivity index (χ1v) is 19.7. The number of hydrogen-bond donors (Lipinski definition) is 0. The van der Waals surface area contributed by atoms with Crippen LogP contribution in [0.2, 0.25) is 0 Å². The summed E-state index contributed by atoms with van der Waals surface area (Å²) in [6.45, 7) is 0. The standard InChI is InChI=1S/C56H37N/c1-3-17-40(18-4-1)51-37-52(43-31-30-38-16-7-8-20-42(38)36-43)54(56-50-28-14-12-26-48(50)47-25-11-13-27-49(47)55(51)56)41-32-34-45(35-33-41)57(44-22-5-2-6-23-44)53-29-15-21-39-19-9-10-24-46(39)53/h1-37H. The van der Waals surface area contributed by atoms with Gasteiger partial charge in [-0.2, -0.15) is 0 Å². The summed E-state index contributed by atoms with van der Waals surface area (Å²) in [5, 5.41) is 12.5. The molecular weight excluding hydrogens is 687 g/mol. The second-order valence-corrected chi connectivity index (χ2v) is 14.8. The topological polar surface area (TPSA) is 3.24 Å². The lowest BCUT2D eigenvalue weighted by Crippen LogP contribution is -2.10. The number of anilines is 3. The maximum atomic E-state index is 2.46. The van der Waals surface area contributed by atoms with E-state index in [1.807, 2.05) is 0 Å². The molecule has 0 heterocycles. The molecule has 57 heavy (non-hydrogen) atoms. The van der Waals surface area contributed by atoms with Gasteiger partial charge in [0.1, 0.15) is 0 Å². The van der Waals surface area contributed by atoms with E-state index in [0.717, 1.165) is 17.1 Å². The van der Waals surface area contributed by atoms with Crippen molar-refractivity contribution in [2.24, 2.45) is 0 Å². The van der Waals surface area contributed by atoms with Crippen LogP contribution < -0.4 is 4.90 Å². The van der Waals surface area contributed by atoms with Crippen molar-refractivity contribution in [3.05, 3.63) is 224 Å². The first-order chi connectivity index (χ1) is 28.3. The van der Waals surface area contributed by atoms with Crippen LogP contribution in [0.5, 0.6) is 0 Å². The molecule has 0 saturated heterocycles. The van der Waals surface area contributed by atoms with Gasteiger partial charge in [0.15, 0.2) is 0 Å². The second-order valence-electron chi connectivity index (χ2n) is 14.8. The van der Waals surface area contributed by atoms with E-state index in [4.69, 9.17) is 0 Å². The second kappa shape index (κ2) is 13.7. The summed E-state index contributed by atoms with van der Waals surface area (Å²) in [4.78, 5) is 2.38. The fraction of sp³-hybridized carbons (Fsp3) is 0. The Balaban J connectivity index is 1.24. The molecule has 0 atom stereocenters. The summed E-state index contributed by atoms with van der Waals surface area (Å²) in [5.74, 6) is 0. The van der Waals surface area contributed by atoms with Crippen molar-refractivity contribution in [3.63, 3.8) is 0 Å². The van der Waals surface area contributed by atoms with Gasteiger partial charge in [0.25, 0.3) is 0 Å². The zero-order valence-corrected chi connectivity index (χ0v) is 31.3. The van der Waals surface area contributed by atoms with Gasteiger partial charge in [0, 0.05) is 16.8 Å². The smallest absolute Gasteiger partial charge is 0.0540 e. The molecule has 11 rings (SSSR count). The summed E-state index contributed by atoms with van der Waals surface area (Å²) in [6.07, 6.45) is 0. The summed E-state index contributed by atoms with van der Waals surface area (Å²) < 4.78 is 0. The number of rotatable bonds is 6. The van der Waals surface area contributed by atoms with Crippen molar-refractivity contribution in [2.45, 2.75) is 0 Å². The molecule has 1 heteroatoms. The summed E-state index contributed by atoms with van der Waals surface area (Å²) in [7, 11) is 0. The van der Waals surface area contributed by atoms with Gasteiger partial charge in [0.05, 0.1) is 5.69 Å². The first-order valence-electron chi connectivity index (χ1n) is 19.7. The van der Waals surface area contributed by atoms with Crippen molar-refractivity contribution in [1.29, 1.82) is 0 Å². The molecule has 11 aromatic rings. The van der Waals surface area contributed by atoms with Crippen LogP contribution in [-0.4, -0.2) is 0 Å². The molecule has 0 aliphatic carbocycles. The van der Waals surface area contributed by atoms with E-state index in [2.05, 4.69) is 229 Å². The van der Waals surface area contributed by atoms with Crippen molar-refractivity contribution in [2.75, 3.05) is 4.90 Å². The highest BCUT2D eigenvalue weighted by Crippen LogP contribution is 2.50. The van der Waals surface area contributed by atoms with Crippen molar-refractivity contribution in [3.8, 4) is 33.4 Å². The highest BCUT2D eigenvalue weighted by atomic mass is 15.1. The third-order valence-electron chi connectivity index (χ3n) is 11.6. The van der Waals surface area contributed by atoms with Gasteiger partial charge in [0.2, 0.25) is 0 Å². The SMILES string of the molecule is c1ccc(-c2cc(-c3ccc4ccccc4c3)c(-c3ccc(N(c4ccccc4)c4cccc5ccccc45)cc3)c3c4ccccc4c4ccccc4c23)cc1. The molecule has 0 aromatic heterocycles. The van der Waals surface area contributed by atoms with Crippen LogP contribution in [-0.2, 0) is 0 Å². The Bertz CT molecular complexity index is 3270. The van der Waals surface area contributed by atoms with E-state index in [1.54, 1.807) is 0 Å². The predicted molar refractivity (Wildman–Crippen MR) is 245 cm³/mol. The van der Waals surface area contributed by atoms with E-state index in [1.165, 1.54) is 87.2 Å². The Morgan fingerprint density at radius 2 is 0.789 bits per heavy atom. The minimum absolute atomic E-state index is 1.11. The number of hydrogen-bond acceptors (Lipinski definition) is 1. The number of fused-ring (bicyclic) bond motifs is 8. The summed E-state index contributed by atoms with van der Waals surface area (Å²) >= 11 is 0. The zero-order valence-electron chi connectivity index (χ0n) is 31.3. The zero-order chi connectivity index (χ0) is 37.7. The minimum Gasteiger partial charge on any atom is -0.310 e. The Hall–Kier alpha value is -7.48. The number of para-hydroxylation sites is 1. The summed E-state index contributed by atoms with van der Waals surface area (Å²) in [5.41, 5.74) is 10.7. The molecule has 11 aromatic carbocycles. The fourth-order valence-electron chi connectivity index (χ4n) is 9.02. The molecule has 0 bridgehead atoms. The van der Waals surface area contributed by atoms with Crippen LogP contribution in [0.25, 0.3) is 87.2 Å². The number of nitrogens with zero attached hydrogens (tertiary/aromatic N) is 1. The molecule has 0 N–H and O–H groups in total. The Morgan fingerprint density at radius 3 is 1.51 bits per heavy atom. The average molecular weight is 724 g/mol. The molecule has 0 radical (unpaired) electrons. The van der Waals surface area contributed by atoms with Gasteiger partial charge in [-0.15, -0.1) is 0 Å². The van der Waals surface area contributed by atoms with Crippen LogP contribution in [0, 0.1) is 0 Å². The molecule has 1 nitrogen and oxygen atoms in total. The van der Waals surface area contributed by atoms with Crippen LogP contribution in [0.1, 0.15) is 0 Å². The first kappa shape index (κ1) is 32.9. The monoisotopic (exact) mass is 723 g/mol. The highest BCUT2D eigenvalue weighted by Gasteiger charge is 2.22. The van der Waals surface area contributed by atoms with Crippen LogP contribution >= 0.6 is 0 Å². The molecule has 0 unspecified atom stereocenters. The normalized spacial score (nSPS) is 11.5. The maximum absolute atomic E-state index is 2.46. The Morgan fingerprint density at radius 1 is 0.263 bits per heavy atom. The third kappa shape index (κ3) is 5.55. The van der Waals surface area contributed by atoms with Crippen LogP contribution in [0.15, 0.2) is 224 Å². The van der Waals surface area contributed by atoms with Gasteiger partial charge in [-0.25, -0.2) is 0 Å². The molecule has 0 saturated carbocycles. The molecule has 0 spiro atoms. The average Bonchev–Trinajstić information content (AvgIpc) is 3.29. The largest absolute Gasteiger partial charge is 0.310 e. The Labute approximate surface area is 332 Å². The molecule has 0 aliphatic heterocycles. The van der Waals surface area contributed by atoms with Crippen molar-refractivity contribution in [1.82, 2.24) is 0 Å². The van der Waals surface area contributed by atoms with E-state index >= 15 is 0 Å². The van der Waals surface area contributed by atoms with Crippen molar-refractivity contribution < 1.29 is 0 Å². The van der Waals surface area contributed by atoms with Crippen LogP contribution in [0.3, 0.4) is 0 Å². The molecule has 0 amide bonds. The third-order valence-corrected chi connectivity index (χ3v) is 11.6. The lowest BCUT2D eigenvalue weighted by atomic mass is 9.81. The molecule has 0 fully saturated rings. The van der Waals surface area contributed by atoms with Gasteiger partial charge >= 0.3 is 0 Å². The number of benzene rings is 11. The van der Waals surface area contributed by atoms with Crippen LogP contribution in [0.4, 0.5) is 17.1 Å². The predicted octanol–water partition coefficient (Wildman–Crippen LogP) is 15.9. The fourth-order valence-corrected chi connectivity index (χ4v) is 9.02.